The van der Waals surface area contributed by atoms with Gasteiger partial charge in [-0.25, -0.2) is 0 Å². The molecule has 0 saturated carbocycles. The zero-order valence-electron chi connectivity index (χ0n) is 8.85. The fourth-order valence-corrected chi connectivity index (χ4v) is 1.99. The topological polar surface area (TPSA) is 23.8 Å². The van der Waals surface area contributed by atoms with Crippen molar-refractivity contribution in [2.75, 3.05) is 0 Å². The lowest BCUT2D eigenvalue weighted by Gasteiger charge is -2.17. The second-order valence-electron chi connectivity index (χ2n) is 4.04. The smallest absolute Gasteiger partial charge is 0.0766 e. The molecule has 0 bridgehead atoms. The van der Waals surface area contributed by atoms with Crippen molar-refractivity contribution in [2.45, 2.75) is 29.9 Å². The average Bonchev–Trinajstić information content (AvgIpc) is 2.28. The summed E-state index contributed by atoms with van der Waals surface area (Å²) in [7, 11) is 0. The highest BCUT2D eigenvalue weighted by Crippen LogP contribution is 2.26. The van der Waals surface area contributed by atoms with E-state index in [0.717, 1.165) is 16.2 Å². The number of alkyl halides is 2. The van der Waals surface area contributed by atoms with Crippen LogP contribution in [0.5, 0.6) is 0 Å². The molecule has 0 radical (unpaired) electrons. The van der Waals surface area contributed by atoms with E-state index in [9.17, 15) is 0 Å². The van der Waals surface area contributed by atoms with E-state index >= 15 is 0 Å². The highest BCUT2D eigenvalue weighted by Gasteiger charge is 2.20. The number of nitrogens with zero attached hydrogens (tertiary/aromatic N) is 1. The molecule has 1 rings (SSSR count). The summed E-state index contributed by atoms with van der Waals surface area (Å²) in [6, 6.07) is 8.64. The molecule has 0 fully saturated rings. The third-order valence-electron chi connectivity index (χ3n) is 2.36. The summed E-state index contributed by atoms with van der Waals surface area (Å²) >= 11 is 6.89. The molecule has 0 atom stereocenters. The second kappa shape index (κ2) is 5.14. The highest BCUT2D eigenvalue weighted by molar-refractivity contribution is 9.08. The molecule has 0 aliphatic rings. The van der Waals surface area contributed by atoms with Crippen LogP contribution in [-0.4, -0.2) is 0 Å². The lowest BCUT2D eigenvalue weighted by molar-refractivity contribution is 0.685. The van der Waals surface area contributed by atoms with E-state index in [4.69, 9.17) is 5.26 Å². The van der Waals surface area contributed by atoms with E-state index in [1.165, 1.54) is 11.1 Å². The molecule has 0 heterocycles. The Morgan fingerprint density at radius 2 is 1.60 bits per heavy atom. The van der Waals surface area contributed by atoms with Crippen LogP contribution in [0.3, 0.4) is 0 Å². The van der Waals surface area contributed by atoms with Crippen LogP contribution in [0.1, 0.15) is 30.5 Å². The first kappa shape index (κ1) is 12.7. The number of nitriles is 1. The third-order valence-corrected chi connectivity index (χ3v) is 3.66. The van der Waals surface area contributed by atoms with Crippen molar-refractivity contribution in [1.82, 2.24) is 0 Å². The molecular weight excluding hydrogens is 318 g/mol. The van der Waals surface area contributed by atoms with Crippen molar-refractivity contribution < 1.29 is 0 Å². The van der Waals surface area contributed by atoms with Gasteiger partial charge in [-0.1, -0.05) is 50.1 Å². The highest BCUT2D eigenvalue weighted by atomic mass is 79.9. The standard InChI is InChI=1S/C12H13Br2N/c1-12(2,8-15)11-4-9(6-13)3-10(5-11)7-14/h3-5H,6-7H2,1-2H3. The molecular formula is C12H13Br2N. The first-order valence-electron chi connectivity index (χ1n) is 4.70. The van der Waals surface area contributed by atoms with Crippen molar-refractivity contribution in [2.24, 2.45) is 0 Å². The van der Waals surface area contributed by atoms with Gasteiger partial charge in [0.25, 0.3) is 0 Å². The average molecular weight is 331 g/mol. The van der Waals surface area contributed by atoms with Gasteiger partial charge in [-0.15, -0.1) is 0 Å². The van der Waals surface area contributed by atoms with Crippen LogP contribution in [0, 0.1) is 11.3 Å². The Kier molecular flexibility index (Phi) is 4.36. The number of halogens is 2. The molecule has 80 valence electrons. The normalized spacial score (nSPS) is 11.1. The molecule has 3 heteroatoms. The fraction of sp³-hybridized carbons (Fsp3) is 0.417. The monoisotopic (exact) mass is 329 g/mol. The van der Waals surface area contributed by atoms with Gasteiger partial charge >= 0.3 is 0 Å². The largest absolute Gasteiger partial charge is 0.197 e. The number of benzene rings is 1. The number of hydrogen-bond acceptors (Lipinski definition) is 1. The van der Waals surface area contributed by atoms with Gasteiger partial charge in [-0.3, -0.25) is 0 Å². The Hall–Kier alpha value is -0.330. The summed E-state index contributed by atoms with van der Waals surface area (Å²) in [6.07, 6.45) is 0. The van der Waals surface area contributed by atoms with Crippen LogP contribution < -0.4 is 0 Å². The molecule has 1 aromatic carbocycles. The maximum atomic E-state index is 9.10. The van der Waals surface area contributed by atoms with Crippen molar-refractivity contribution in [3.63, 3.8) is 0 Å². The van der Waals surface area contributed by atoms with Crippen LogP contribution in [0.15, 0.2) is 18.2 Å². The van der Waals surface area contributed by atoms with E-state index in [1.807, 2.05) is 13.8 Å². The Labute approximate surface area is 108 Å². The predicted octanol–water partition coefficient (Wildman–Crippen LogP) is 4.28. The number of rotatable bonds is 3. The van der Waals surface area contributed by atoms with Crippen LogP contribution in [0.25, 0.3) is 0 Å². The van der Waals surface area contributed by atoms with Crippen molar-refractivity contribution >= 4 is 31.9 Å². The first-order valence-corrected chi connectivity index (χ1v) is 6.94. The fourth-order valence-electron chi connectivity index (χ4n) is 1.34. The molecule has 0 aliphatic carbocycles. The summed E-state index contributed by atoms with van der Waals surface area (Å²) < 4.78 is 0. The zero-order chi connectivity index (χ0) is 11.5. The van der Waals surface area contributed by atoms with Gasteiger partial charge in [-0.05, 0) is 30.5 Å². The molecule has 0 aliphatic heterocycles. The van der Waals surface area contributed by atoms with Crippen LogP contribution in [0.2, 0.25) is 0 Å². The van der Waals surface area contributed by atoms with E-state index in [0.29, 0.717) is 0 Å². The molecule has 0 unspecified atom stereocenters. The molecule has 0 saturated heterocycles. The minimum Gasteiger partial charge on any atom is -0.197 e. The van der Waals surface area contributed by atoms with Crippen LogP contribution in [-0.2, 0) is 16.1 Å². The summed E-state index contributed by atoms with van der Waals surface area (Å²) in [4.78, 5) is 0. The SMILES string of the molecule is CC(C)(C#N)c1cc(CBr)cc(CBr)c1. The Morgan fingerprint density at radius 1 is 1.13 bits per heavy atom. The molecule has 0 spiro atoms. The van der Waals surface area contributed by atoms with Gasteiger partial charge in [-0.2, -0.15) is 5.26 Å². The van der Waals surface area contributed by atoms with E-state index in [2.05, 4.69) is 56.1 Å². The van der Waals surface area contributed by atoms with Gasteiger partial charge in [0.1, 0.15) is 0 Å². The van der Waals surface area contributed by atoms with Crippen LogP contribution >= 0.6 is 31.9 Å². The van der Waals surface area contributed by atoms with Gasteiger partial charge < -0.3 is 0 Å². The lowest BCUT2D eigenvalue weighted by atomic mass is 9.85. The Morgan fingerprint density at radius 3 is 1.93 bits per heavy atom. The maximum Gasteiger partial charge on any atom is 0.0766 e. The van der Waals surface area contributed by atoms with E-state index in [1.54, 1.807) is 0 Å². The minimum atomic E-state index is -0.422. The molecule has 0 N–H and O–H groups in total. The number of hydrogen-bond donors (Lipinski definition) is 0. The molecule has 1 nitrogen and oxygen atoms in total. The Balaban J connectivity index is 3.25. The predicted molar refractivity (Wildman–Crippen MR) is 70.3 cm³/mol. The van der Waals surface area contributed by atoms with Gasteiger partial charge in [0.05, 0.1) is 11.5 Å². The van der Waals surface area contributed by atoms with E-state index in [-0.39, 0.29) is 0 Å². The summed E-state index contributed by atoms with van der Waals surface area (Å²) in [5.41, 5.74) is 3.08. The molecule has 15 heavy (non-hydrogen) atoms. The van der Waals surface area contributed by atoms with Crippen molar-refractivity contribution in [1.29, 1.82) is 5.26 Å². The molecule has 1 aromatic rings. The molecule has 0 amide bonds. The second-order valence-corrected chi connectivity index (χ2v) is 5.16. The van der Waals surface area contributed by atoms with Crippen molar-refractivity contribution in [3.8, 4) is 6.07 Å². The summed E-state index contributed by atoms with van der Waals surface area (Å²) in [5.74, 6) is 0. The third kappa shape index (κ3) is 3.06. The lowest BCUT2D eigenvalue weighted by Crippen LogP contribution is -2.14. The van der Waals surface area contributed by atoms with Crippen LogP contribution in [0.4, 0.5) is 0 Å². The van der Waals surface area contributed by atoms with Gasteiger partial charge in [0.2, 0.25) is 0 Å². The van der Waals surface area contributed by atoms with Gasteiger partial charge in [0, 0.05) is 10.7 Å². The molecule has 0 aromatic heterocycles. The summed E-state index contributed by atoms with van der Waals surface area (Å²) in [5, 5.41) is 10.7. The zero-order valence-corrected chi connectivity index (χ0v) is 12.0. The van der Waals surface area contributed by atoms with Gasteiger partial charge in [0.15, 0.2) is 0 Å². The first-order chi connectivity index (χ1) is 7.03. The quantitative estimate of drug-likeness (QED) is 0.759. The van der Waals surface area contributed by atoms with Crippen molar-refractivity contribution in [3.05, 3.63) is 34.9 Å². The minimum absolute atomic E-state index is 0.422. The van der Waals surface area contributed by atoms with E-state index < -0.39 is 5.41 Å². The maximum absolute atomic E-state index is 9.10. The Bertz CT molecular complexity index is 369. The summed E-state index contributed by atoms with van der Waals surface area (Å²) in [6.45, 7) is 3.89.